The van der Waals surface area contributed by atoms with Crippen molar-refractivity contribution >= 4 is 50.5 Å². The fraction of sp³-hybridized carbons (Fsp3) is 0.0968. The zero-order valence-electron chi connectivity index (χ0n) is 18.8. The second kappa shape index (κ2) is 6.68. The van der Waals surface area contributed by atoms with Gasteiger partial charge in [0.05, 0.1) is 16.6 Å². The summed E-state index contributed by atoms with van der Waals surface area (Å²) in [4.78, 5) is 2.91. The Kier molecular flexibility index (Phi) is 3.67. The lowest BCUT2D eigenvalue weighted by Crippen LogP contribution is -2.07. The van der Waals surface area contributed by atoms with E-state index in [1.165, 1.54) is 65.0 Å². The van der Waals surface area contributed by atoms with Crippen LogP contribution in [0.3, 0.4) is 0 Å². The first-order valence-electron chi connectivity index (χ1n) is 11.9. The van der Waals surface area contributed by atoms with Gasteiger partial charge in [0.25, 0.3) is 0 Å². The van der Waals surface area contributed by atoms with Crippen LogP contribution in [0.15, 0.2) is 101 Å². The van der Waals surface area contributed by atoms with Gasteiger partial charge in [-0.3, -0.25) is 0 Å². The van der Waals surface area contributed by atoms with E-state index in [0.29, 0.717) is 5.92 Å². The van der Waals surface area contributed by atoms with Crippen LogP contribution in [-0.2, 0) is 13.5 Å². The molecule has 0 fully saturated rings. The van der Waals surface area contributed by atoms with Crippen molar-refractivity contribution in [2.75, 3.05) is 0 Å². The zero-order valence-corrected chi connectivity index (χ0v) is 19.6. The molecule has 2 aliphatic rings. The van der Waals surface area contributed by atoms with Crippen LogP contribution in [0.25, 0.3) is 44.5 Å². The topological polar surface area (TPSA) is 9.86 Å². The number of allylic oxidation sites excluding steroid dienone is 1. The fourth-order valence-electron chi connectivity index (χ4n) is 6.14. The first kappa shape index (κ1) is 18.7. The predicted molar refractivity (Wildman–Crippen MR) is 144 cm³/mol. The maximum atomic E-state index is 2.46. The number of aryl methyl sites for hydroxylation is 1. The highest BCUT2D eigenvalue weighted by molar-refractivity contribution is 8.03. The zero-order chi connectivity index (χ0) is 22.4. The van der Waals surface area contributed by atoms with Gasteiger partial charge in [-0.05, 0) is 64.9 Å². The molecular weight excluding hydrogens is 432 g/mol. The van der Waals surface area contributed by atoms with Gasteiger partial charge >= 0.3 is 0 Å². The normalized spacial score (nSPS) is 16.6. The summed E-state index contributed by atoms with van der Waals surface area (Å²) < 4.78 is 4.82. The molecule has 2 aromatic heterocycles. The number of benzene rings is 4. The molecule has 0 saturated heterocycles. The van der Waals surface area contributed by atoms with E-state index >= 15 is 0 Å². The van der Waals surface area contributed by atoms with Gasteiger partial charge in [-0.25, -0.2) is 0 Å². The van der Waals surface area contributed by atoms with Crippen molar-refractivity contribution in [3.8, 4) is 5.69 Å². The van der Waals surface area contributed by atoms with Crippen molar-refractivity contribution < 1.29 is 0 Å². The van der Waals surface area contributed by atoms with Crippen molar-refractivity contribution in [1.82, 2.24) is 9.13 Å². The van der Waals surface area contributed by atoms with E-state index in [1.54, 1.807) is 0 Å². The van der Waals surface area contributed by atoms with E-state index in [9.17, 15) is 0 Å². The summed E-state index contributed by atoms with van der Waals surface area (Å²) in [6, 6.07) is 33.3. The molecule has 0 bridgehead atoms. The van der Waals surface area contributed by atoms with Gasteiger partial charge in [-0.15, -0.1) is 0 Å². The van der Waals surface area contributed by atoms with E-state index in [0.717, 1.165) is 6.42 Å². The minimum atomic E-state index is 0.487. The molecule has 4 aromatic carbocycles. The maximum absolute atomic E-state index is 2.46. The van der Waals surface area contributed by atoms with Crippen LogP contribution in [0.5, 0.6) is 0 Å². The third kappa shape index (κ3) is 2.37. The molecule has 1 unspecified atom stereocenters. The Balaban J connectivity index is 1.43. The Bertz CT molecular complexity index is 1820. The lowest BCUT2D eigenvalue weighted by atomic mass is 9.86. The maximum Gasteiger partial charge on any atom is 0.0562 e. The Morgan fingerprint density at radius 2 is 1.53 bits per heavy atom. The van der Waals surface area contributed by atoms with Crippen LogP contribution in [0.4, 0.5) is 0 Å². The summed E-state index contributed by atoms with van der Waals surface area (Å²) in [5.41, 5.74) is 9.39. The van der Waals surface area contributed by atoms with Crippen molar-refractivity contribution in [2.24, 2.45) is 7.05 Å². The minimum absolute atomic E-state index is 0.487. The largest absolute Gasteiger partial charge is 0.344 e. The summed E-state index contributed by atoms with van der Waals surface area (Å²) in [5.74, 6) is 0.487. The molecule has 34 heavy (non-hydrogen) atoms. The van der Waals surface area contributed by atoms with E-state index in [4.69, 9.17) is 0 Å². The smallest absolute Gasteiger partial charge is 0.0562 e. The van der Waals surface area contributed by atoms with E-state index in [-0.39, 0.29) is 0 Å². The second-order valence-electron chi connectivity index (χ2n) is 9.44. The monoisotopic (exact) mass is 454 g/mol. The third-order valence-corrected chi connectivity index (χ3v) is 8.94. The van der Waals surface area contributed by atoms with Crippen LogP contribution in [0, 0.1) is 0 Å². The SMILES string of the molecule is Cn1c2c(c3cc4c5ccccc5n(-c5ccccc5)c4cc31)CC1C(=C2)Sc2ccccc21. The van der Waals surface area contributed by atoms with Gasteiger partial charge < -0.3 is 9.13 Å². The lowest BCUT2D eigenvalue weighted by Gasteiger charge is -2.19. The number of hydrogen-bond acceptors (Lipinski definition) is 1. The van der Waals surface area contributed by atoms with Crippen molar-refractivity contribution in [3.05, 3.63) is 113 Å². The predicted octanol–water partition coefficient (Wildman–Crippen LogP) is 8.06. The van der Waals surface area contributed by atoms with Gasteiger partial charge in [-0.2, -0.15) is 0 Å². The molecule has 2 nitrogen and oxygen atoms in total. The number of fused-ring (bicyclic) bond motifs is 9. The van der Waals surface area contributed by atoms with Crippen LogP contribution < -0.4 is 0 Å². The van der Waals surface area contributed by atoms with Gasteiger partial charge in [0, 0.05) is 45.4 Å². The summed E-state index contributed by atoms with van der Waals surface area (Å²) >= 11 is 1.95. The average molecular weight is 455 g/mol. The van der Waals surface area contributed by atoms with Gasteiger partial charge in [0.1, 0.15) is 0 Å². The standard InChI is InChI=1S/C31H22N2S/c1-32-27-17-29-22(20-11-5-7-13-26(20)33(29)19-9-3-2-4-10-19)15-23(27)24-16-25-21-12-6-8-14-30(21)34-31(25)18-28(24)32/h2-15,17-18,25H,16H2,1H3. The van der Waals surface area contributed by atoms with Gasteiger partial charge in [0.2, 0.25) is 0 Å². The Hall–Kier alpha value is -3.69. The summed E-state index contributed by atoms with van der Waals surface area (Å²) in [5, 5.41) is 4.04. The first-order chi connectivity index (χ1) is 16.8. The van der Waals surface area contributed by atoms with Crippen LogP contribution in [-0.4, -0.2) is 9.13 Å². The second-order valence-corrected chi connectivity index (χ2v) is 10.6. The molecule has 3 heteroatoms. The number of nitrogens with zero attached hydrogens (tertiary/aromatic N) is 2. The molecule has 0 radical (unpaired) electrons. The van der Waals surface area contributed by atoms with Gasteiger partial charge in [0.15, 0.2) is 0 Å². The molecule has 0 saturated carbocycles. The number of rotatable bonds is 1. The Morgan fingerprint density at radius 1 is 0.735 bits per heavy atom. The molecule has 1 aliphatic heterocycles. The van der Waals surface area contributed by atoms with Crippen LogP contribution in [0.2, 0.25) is 0 Å². The Labute approximate surface area is 202 Å². The molecule has 0 amide bonds. The molecule has 6 aromatic rings. The first-order valence-corrected chi connectivity index (χ1v) is 12.7. The molecule has 8 rings (SSSR count). The molecule has 162 valence electrons. The highest BCUT2D eigenvalue weighted by Gasteiger charge is 2.33. The molecule has 3 heterocycles. The number of thioether (sulfide) groups is 1. The highest BCUT2D eigenvalue weighted by Crippen LogP contribution is 2.54. The Morgan fingerprint density at radius 3 is 2.44 bits per heavy atom. The molecule has 0 spiro atoms. The highest BCUT2D eigenvalue weighted by atomic mass is 32.2. The van der Waals surface area contributed by atoms with Crippen molar-refractivity contribution in [3.63, 3.8) is 0 Å². The van der Waals surface area contributed by atoms with E-state index < -0.39 is 0 Å². The molecule has 0 N–H and O–H groups in total. The summed E-state index contributed by atoms with van der Waals surface area (Å²) in [7, 11) is 2.23. The third-order valence-electron chi connectivity index (χ3n) is 7.71. The van der Waals surface area contributed by atoms with Crippen molar-refractivity contribution in [1.29, 1.82) is 0 Å². The summed E-state index contributed by atoms with van der Waals surface area (Å²) in [6.07, 6.45) is 3.52. The number of aromatic nitrogens is 2. The fourth-order valence-corrected chi connectivity index (χ4v) is 7.39. The summed E-state index contributed by atoms with van der Waals surface area (Å²) in [6.45, 7) is 0. The number of para-hydroxylation sites is 2. The van der Waals surface area contributed by atoms with Crippen molar-refractivity contribution in [2.45, 2.75) is 17.2 Å². The van der Waals surface area contributed by atoms with E-state index in [1.807, 2.05) is 11.8 Å². The average Bonchev–Trinajstić information content (AvgIpc) is 3.50. The molecule has 1 aliphatic carbocycles. The lowest BCUT2D eigenvalue weighted by molar-refractivity contribution is 0.802. The number of hydrogen-bond donors (Lipinski definition) is 0. The minimum Gasteiger partial charge on any atom is -0.344 e. The van der Waals surface area contributed by atoms with Crippen LogP contribution >= 0.6 is 11.8 Å². The molecule has 1 atom stereocenters. The molecular formula is C31H22N2S. The van der Waals surface area contributed by atoms with Crippen LogP contribution in [0.1, 0.15) is 22.7 Å². The van der Waals surface area contributed by atoms with E-state index in [2.05, 4.69) is 113 Å². The quantitative estimate of drug-likeness (QED) is 0.244. The van der Waals surface area contributed by atoms with Gasteiger partial charge in [-0.1, -0.05) is 66.4 Å².